The Balaban J connectivity index is 2.28. The van der Waals surface area contributed by atoms with Crippen molar-refractivity contribution in [2.45, 2.75) is 6.10 Å². The molecule has 0 saturated carbocycles. The van der Waals surface area contributed by atoms with Crippen LogP contribution in [0.2, 0.25) is 0 Å². The van der Waals surface area contributed by atoms with Crippen molar-refractivity contribution in [3.63, 3.8) is 0 Å². The first-order chi connectivity index (χ1) is 7.76. The van der Waals surface area contributed by atoms with Crippen LogP contribution < -0.4 is 21.4 Å². The van der Waals surface area contributed by atoms with Crippen LogP contribution in [0, 0.1) is 0 Å². The van der Waals surface area contributed by atoms with E-state index in [0.29, 0.717) is 18.3 Å². The van der Waals surface area contributed by atoms with Crippen LogP contribution in [0.15, 0.2) is 17.2 Å². The van der Waals surface area contributed by atoms with Crippen molar-refractivity contribution in [3.05, 3.63) is 17.7 Å². The van der Waals surface area contributed by atoms with Crippen molar-refractivity contribution in [3.8, 4) is 5.88 Å². The Morgan fingerprint density at radius 3 is 3.00 bits per heavy atom. The average Bonchev–Trinajstić information content (AvgIpc) is 3.12. The second-order valence-corrected chi connectivity index (χ2v) is 3.26. The van der Waals surface area contributed by atoms with E-state index in [1.165, 1.54) is 11.3 Å². The molecule has 1 aliphatic heterocycles. The van der Waals surface area contributed by atoms with Gasteiger partial charge in [0.05, 0.1) is 13.7 Å². The molecule has 7 heteroatoms. The number of hydrogen-bond acceptors (Lipinski definition) is 6. The molecule has 1 aromatic rings. The predicted molar refractivity (Wildman–Crippen MR) is 58.8 cm³/mol. The van der Waals surface area contributed by atoms with E-state index in [9.17, 15) is 0 Å². The lowest BCUT2D eigenvalue weighted by molar-refractivity contribution is 0.372. The molecule has 4 N–H and O–H groups in total. The normalized spacial score (nSPS) is 18.8. The highest BCUT2D eigenvalue weighted by Crippen LogP contribution is 2.35. The molecule has 0 bridgehead atoms. The van der Waals surface area contributed by atoms with Gasteiger partial charge in [-0.15, -0.1) is 0 Å². The SMILES string of the molecule is COc1nc(N(N)/C=N\N)ccc1[C@@H]1CO1. The minimum absolute atomic E-state index is 0.0888. The van der Waals surface area contributed by atoms with E-state index in [1.54, 1.807) is 13.2 Å². The Kier molecular flexibility index (Phi) is 2.88. The zero-order chi connectivity index (χ0) is 11.5. The Bertz CT molecular complexity index is 405. The molecule has 0 spiro atoms. The average molecular weight is 223 g/mol. The molecule has 0 unspecified atom stereocenters. The van der Waals surface area contributed by atoms with Gasteiger partial charge in [0.15, 0.2) is 5.82 Å². The second-order valence-electron chi connectivity index (χ2n) is 3.26. The summed E-state index contributed by atoms with van der Waals surface area (Å²) in [5, 5.41) is 4.52. The van der Waals surface area contributed by atoms with Crippen molar-refractivity contribution in [1.29, 1.82) is 0 Å². The molecular weight excluding hydrogens is 210 g/mol. The predicted octanol–water partition coefficient (Wildman–Crippen LogP) is -0.256. The molecule has 1 atom stereocenters. The lowest BCUT2D eigenvalue weighted by Gasteiger charge is -2.13. The monoisotopic (exact) mass is 223 g/mol. The number of aromatic nitrogens is 1. The van der Waals surface area contributed by atoms with Gasteiger partial charge >= 0.3 is 0 Å². The highest BCUT2D eigenvalue weighted by atomic mass is 16.6. The highest BCUT2D eigenvalue weighted by molar-refractivity contribution is 5.75. The van der Waals surface area contributed by atoms with Crippen molar-refractivity contribution in [2.75, 3.05) is 18.7 Å². The number of anilines is 1. The molecule has 0 aliphatic carbocycles. The smallest absolute Gasteiger partial charge is 0.221 e. The molecule has 0 aromatic carbocycles. The van der Waals surface area contributed by atoms with Crippen LogP contribution in [-0.2, 0) is 4.74 Å². The maximum atomic E-state index is 5.63. The number of nitrogens with zero attached hydrogens (tertiary/aromatic N) is 3. The van der Waals surface area contributed by atoms with Gasteiger partial charge in [0.2, 0.25) is 5.88 Å². The number of epoxide rings is 1. The second kappa shape index (κ2) is 4.33. The lowest BCUT2D eigenvalue weighted by Crippen LogP contribution is -2.30. The van der Waals surface area contributed by atoms with Crippen molar-refractivity contribution in [1.82, 2.24) is 4.98 Å². The molecular formula is C9H13N5O2. The molecule has 2 heterocycles. The molecule has 0 amide bonds. The number of ether oxygens (including phenoxy) is 2. The zero-order valence-electron chi connectivity index (χ0n) is 8.83. The van der Waals surface area contributed by atoms with Crippen molar-refractivity contribution < 1.29 is 9.47 Å². The third-order valence-electron chi connectivity index (χ3n) is 2.20. The summed E-state index contributed by atoms with van der Waals surface area (Å²) >= 11 is 0. The first-order valence-corrected chi connectivity index (χ1v) is 4.70. The molecule has 2 rings (SSSR count). The molecule has 1 saturated heterocycles. The summed E-state index contributed by atoms with van der Waals surface area (Å²) in [6, 6.07) is 3.62. The maximum Gasteiger partial charge on any atom is 0.221 e. The van der Waals surface area contributed by atoms with E-state index in [2.05, 4.69) is 10.1 Å². The van der Waals surface area contributed by atoms with Crippen LogP contribution in [-0.4, -0.2) is 25.0 Å². The minimum Gasteiger partial charge on any atom is -0.481 e. The van der Waals surface area contributed by atoms with E-state index in [4.69, 9.17) is 21.2 Å². The summed E-state index contributed by atoms with van der Waals surface area (Å²) in [5.74, 6) is 11.6. The van der Waals surface area contributed by atoms with Gasteiger partial charge in [0.1, 0.15) is 12.4 Å². The Morgan fingerprint density at radius 2 is 2.44 bits per heavy atom. The van der Waals surface area contributed by atoms with E-state index >= 15 is 0 Å². The summed E-state index contributed by atoms with van der Waals surface area (Å²) in [6.45, 7) is 0.702. The van der Waals surface area contributed by atoms with E-state index in [-0.39, 0.29) is 6.10 Å². The number of hydrazine groups is 1. The van der Waals surface area contributed by atoms with Crippen LogP contribution in [0.5, 0.6) is 5.88 Å². The maximum absolute atomic E-state index is 5.63. The van der Waals surface area contributed by atoms with E-state index in [0.717, 1.165) is 5.56 Å². The van der Waals surface area contributed by atoms with Gasteiger partial charge in [-0.05, 0) is 12.1 Å². The van der Waals surface area contributed by atoms with Crippen LogP contribution in [0.1, 0.15) is 11.7 Å². The van der Waals surface area contributed by atoms with Crippen LogP contribution >= 0.6 is 0 Å². The van der Waals surface area contributed by atoms with Crippen LogP contribution in [0.3, 0.4) is 0 Å². The Morgan fingerprint density at radius 1 is 1.69 bits per heavy atom. The number of hydrazone groups is 1. The van der Waals surface area contributed by atoms with Gasteiger partial charge in [-0.1, -0.05) is 0 Å². The summed E-state index contributed by atoms with van der Waals surface area (Å²) in [4.78, 5) is 4.22. The molecule has 1 aromatic heterocycles. The third-order valence-corrected chi connectivity index (χ3v) is 2.20. The summed E-state index contributed by atoms with van der Waals surface area (Å²) in [6.07, 6.45) is 1.35. The van der Waals surface area contributed by atoms with Gasteiger partial charge < -0.3 is 15.3 Å². The molecule has 1 aliphatic rings. The summed E-state index contributed by atoms with van der Waals surface area (Å²) < 4.78 is 10.3. The van der Waals surface area contributed by atoms with E-state index in [1.807, 2.05) is 6.07 Å². The molecule has 0 radical (unpaired) electrons. The van der Waals surface area contributed by atoms with Gasteiger partial charge in [-0.2, -0.15) is 10.1 Å². The van der Waals surface area contributed by atoms with Crippen molar-refractivity contribution >= 4 is 12.2 Å². The standard InChI is InChI=1S/C9H13N5O2/c1-15-9-6(7-4-16-7)2-3-8(13-9)14(11)5-12-10/h2-3,5,7H,4,10-11H2,1H3/b12-5-/t7-/m0/s1. The Labute approximate surface area is 92.6 Å². The minimum atomic E-state index is 0.0888. The van der Waals surface area contributed by atoms with Crippen molar-refractivity contribution in [2.24, 2.45) is 16.8 Å². The number of nitrogens with two attached hydrogens (primary N) is 2. The fourth-order valence-corrected chi connectivity index (χ4v) is 1.35. The highest BCUT2D eigenvalue weighted by Gasteiger charge is 2.29. The fourth-order valence-electron chi connectivity index (χ4n) is 1.35. The van der Waals surface area contributed by atoms with Gasteiger partial charge in [0, 0.05) is 5.56 Å². The first-order valence-electron chi connectivity index (χ1n) is 4.70. The van der Waals surface area contributed by atoms with Gasteiger partial charge in [-0.25, -0.2) is 10.9 Å². The first kappa shape index (κ1) is 10.7. The zero-order valence-corrected chi connectivity index (χ0v) is 8.83. The number of pyridine rings is 1. The topological polar surface area (TPSA) is 102 Å². The van der Waals surface area contributed by atoms with Gasteiger partial charge in [0.25, 0.3) is 0 Å². The molecule has 1 fully saturated rings. The van der Waals surface area contributed by atoms with Crippen LogP contribution in [0.25, 0.3) is 0 Å². The quantitative estimate of drug-likeness (QED) is 0.240. The number of hydrogen-bond donors (Lipinski definition) is 2. The summed E-state index contributed by atoms with van der Waals surface area (Å²) in [5.41, 5.74) is 0.921. The molecule has 7 nitrogen and oxygen atoms in total. The molecule has 16 heavy (non-hydrogen) atoms. The number of methoxy groups -OCH3 is 1. The van der Waals surface area contributed by atoms with E-state index < -0.39 is 0 Å². The summed E-state index contributed by atoms with van der Waals surface area (Å²) in [7, 11) is 1.55. The van der Waals surface area contributed by atoms with Gasteiger partial charge in [-0.3, -0.25) is 0 Å². The lowest BCUT2D eigenvalue weighted by atomic mass is 10.2. The largest absolute Gasteiger partial charge is 0.481 e. The van der Waals surface area contributed by atoms with Crippen LogP contribution in [0.4, 0.5) is 5.82 Å². The molecule has 86 valence electrons. The fraction of sp³-hybridized carbons (Fsp3) is 0.333. The Hall–Kier alpha value is -1.86. The number of rotatable bonds is 4. The third kappa shape index (κ3) is 2.05.